The zero-order valence-electron chi connectivity index (χ0n) is 12.6. The van der Waals surface area contributed by atoms with Gasteiger partial charge >= 0.3 is 0 Å². The van der Waals surface area contributed by atoms with Gasteiger partial charge in [0.15, 0.2) is 5.82 Å². The molecule has 1 heterocycles. The van der Waals surface area contributed by atoms with Crippen LogP contribution in [0, 0.1) is 5.92 Å². The molecule has 0 radical (unpaired) electrons. The Morgan fingerprint density at radius 2 is 2.19 bits per heavy atom. The molecular formula is C15H21N5O. The Kier molecular flexibility index (Phi) is 4.70. The summed E-state index contributed by atoms with van der Waals surface area (Å²) in [4.78, 5) is 12.0. The molecule has 1 aromatic heterocycles. The average molecular weight is 287 g/mol. The summed E-state index contributed by atoms with van der Waals surface area (Å²) in [6, 6.07) is 6.99. The molecule has 1 amide bonds. The molecule has 0 saturated carbocycles. The molecule has 1 aromatic carbocycles. The highest BCUT2D eigenvalue weighted by atomic mass is 16.2. The SMILES string of the molecule is CC(C)CC(N)C(=O)Nc1cccc(-c2nncn2C)c1. The van der Waals surface area contributed by atoms with Crippen molar-refractivity contribution in [3.8, 4) is 11.4 Å². The number of rotatable bonds is 5. The van der Waals surface area contributed by atoms with E-state index < -0.39 is 6.04 Å². The van der Waals surface area contributed by atoms with Crippen molar-refractivity contribution in [3.63, 3.8) is 0 Å². The van der Waals surface area contributed by atoms with Crippen LogP contribution in [0.1, 0.15) is 20.3 Å². The number of anilines is 1. The minimum atomic E-state index is -0.497. The molecule has 0 fully saturated rings. The number of aromatic nitrogens is 3. The number of hydrogen-bond acceptors (Lipinski definition) is 4. The summed E-state index contributed by atoms with van der Waals surface area (Å²) < 4.78 is 1.82. The van der Waals surface area contributed by atoms with Crippen molar-refractivity contribution in [2.75, 3.05) is 5.32 Å². The van der Waals surface area contributed by atoms with Crippen molar-refractivity contribution in [1.29, 1.82) is 0 Å². The van der Waals surface area contributed by atoms with Crippen LogP contribution in [0.3, 0.4) is 0 Å². The third-order valence-corrected chi connectivity index (χ3v) is 3.16. The second kappa shape index (κ2) is 6.49. The van der Waals surface area contributed by atoms with Gasteiger partial charge in [-0.2, -0.15) is 0 Å². The van der Waals surface area contributed by atoms with Crippen LogP contribution in [-0.4, -0.2) is 26.7 Å². The van der Waals surface area contributed by atoms with Crippen LogP contribution < -0.4 is 11.1 Å². The summed E-state index contributed by atoms with van der Waals surface area (Å²) in [6.45, 7) is 4.09. The number of benzene rings is 1. The largest absolute Gasteiger partial charge is 0.325 e. The lowest BCUT2D eigenvalue weighted by molar-refractivity contribution is -0.117. The Balaban J connectivity index is 2.12. The van der Waals surface area contributed by atoms with E-state index in [4.69, 9.17) is 5.73 Å². The number of hydrogen-bond donors (Lipinski definition) is 2. The van der Waals surface area contributed by atoms with E-state index in [1.807, 2.05) is 49.7 Å². The molecule has 1 atom stereocenters. The van der Waals surface area contributed by atoms with E-state index in [1.54, 1.807) is 6.33 Å². The predicted octanol–water partition coefficient (Wildman–Crippen LogP) is 1.79. The molecule has 6 heteroatoms. The highest BCUT2D eigenvalue weighted by molar-refractivity contribution is 5.95. The van der Waals surface area contributed by atoms with E-state index in [9.17, 15) is 4.79 Å². The fourth-order valence-corrected chi connectivity index (χ4v) is 2.13. The van der Waals surface area contributed by atoms with Crippen molar-refractivity contribution < 1.29 is 4.79 Å². The normalized spacial score (nSPS) is 12.4. The maximum atomic E-state index is 12.0. The van der Waals surface area contributed by atoms with Gasteiger partial charge < -0.3 is 15.6 Å². The van der Waals surface area contributed by atoms with Gasteiger partial charge in [0.25, 0.3) is 0 Å². The summed E-state index contributed by atoms with van der Waals surface area (Å²) in [6.07, 6.45) is 2.30. The highest BCUT2D eigenvalue weighted by Crippen LogP contribution is 2.20. The van der Waals surface area contributed by atoms with Gasteiger partial charge in [0.05, 0.1) is 6.04 Å². The van der Waals surface area contributed by atoms with Crippen LogP contribution in [0.25, 0.3) is 11.4 Å². The second-order valence-electron chi connectivity index (χ2n) is 5.57. The third kappa shape index (κ3) is 3.88. The van der Waals surface area contributed by atoms with E-state index in [0.717, 1.165) is 11.4 Å². The summed E-state index contributed by atoms with van der Waals surface area (Å²) in [7, 11) is 1.87. The maximum absolute atomic E-state index is 12.0. The molecule has 21 heavy (non-hydrogen) atoms. The fraction of sp³-hybridized carbons (Fsp3) is 0.400. The summed E-state index contributed by atoms with van der Waals surface area (Å²) >= 11 is 0. The number of carbonyl (C=O) groups excluding carboxylic acids is 1. The van der Waals surface area contributed by atoms with Crippen molar-refractivity contribution in [3.05, 3.63) is 30.6 Å². The maximum Gasteiger partial charge on any atom is 0.241 e. The topological polar surface area (TPSA) is 85.8 Å². The molecule has 0 aliphatic heterocycles. The van der Waals surface area contributed by atoms with Crippen molar-refractivity contribution in [1.82, 2.24) is 14.8 Å². The van der Waals surface area contributed by atoms with E-state index in [2.05, 4.69) is 15.5 Å². The van der Waals surface area contributed by atoms with Crippen LogP contribution in [-0.2, 0) is 11.8 Å². The monoisotopic (exact) mass is 287 g/mol. The van der Waals surface area contributed by atoms with E-state index in [0.29, 0.717) is 18.0 Å². The van der Waals surface area contributed by atoms with E-state index >= 15 is 0 Å². The molecule has 0 bridgehead atoms. The molecule has 0 aliphatic carbocycles. The Bertz CT molecular complexity index is 620. The van der Waals surface area contributed by atoms with Gasteiger partial charge in [-0.15, -0.1) is 10.2 Å². The Morgan fingerprint density at radius 1 is 1.43 bits per heavy atom. The molecule has 1 unspecified atom stereocenters. The van der Waals surface area contributed by atoms with Crippen molar-refractivity contribution in [2.45, 2.75) is 26.3 Å². The molecular weight excluding hydrogens is 266 g/mol. The van der Waals surface area contributed by atoms with Gasteiger partial charge in [0.1, 0.15) is 6.33 Å². The third-order valence-electron chi connectivity index (χ3n) is 3.16. The lowest BCUT2D eigenvalue weighted by atomic mass is 10.0. The molecule has 2 rings (SSSR count). The summed E-state index contributed by atoms with van der Waals surface area (Å²) in [5.74, 6) is 0.965. The van der Waals surface area contributed by atoms with Gasteiger partial charge in [0.2, 0.25) is 5.91 Å². The van der Waals surface area contributed by atoms with Crippen molar-refractivity contribution >= 4 is 11.6 Å². The lowest BCUT2D eigenvalue weighted by Crippen LogP contribution is -2.36. The first-order valence-corrected chi connectivity index (χ1v) is 6.98. The van der Waals surface area contributed by atoms with Crippen LogP contribution in [0.15, 0.2) is 30.6 Å². The van der Waals surface area contributed by atoms with Gasteiger partial charge in [0, 0.05) is 18.3 Å². The number of amides is 1. The lowest BCUT2D eigenvalue weighted by Gasteiger charge is -2.14. The number of aryl methyl sites for hydroxylation is 1. The molecule has 2 aromatic rings. The second-order valence-corrected chi connectivity index (χ2v) is 5.57. The standard InChI is InChI=1S/C15H21N5O/c1-10(2)7-13(16)15(21)18-12-6-4-5-11(8-12)14-19-17-9-20(14)3/h4-6,8-10,13H,7,16H2,1-3H3,(H,18,21). The smallest absolute Gasteiger partial charge is 0.241 e. The molecule has 6 nitrogen and oxygen atoms in total. The quantitative estimate of drug-likeness (QED) is 0.878. The molecule has 0 spiro atoms. The summed E-state index contributed by atoms with van der Waals surface area (Å²) in [5.41, 5.74) is 7.49. The molecule has 112 valence electrons. The molecule has 0 saturated heterocycles. The first kappa shape index (κ1) is 15.2. The van der Waals surface area contributed by atoms with Gasteiger partial charge in [-0.3, -0.25) is 4.79 Å². The van der Waals surface area contributed by atoms with Crippen LogP contribution in [0.2, 0.25) is 0 Å². The van der Waals surface area contributed by atoms with Crippen LogP contribution in [0.4, 0.5) is 5.69 Å². The van der Waals surface area contributed by atoms with Crippen molar-refractivity contribution in [2.24, 2.45) is 18.7 Å². The first-order chi connectivity index (χ1) is 9.97. The zero-order valence-corrected chi connectivity index (χ0v) is 12.6. The van der Waals surface area contributed by atoms with Gasteiger partial charge in [-0.05, 0) is 24.5 Å². The zero-order chi connectivity index (χ0) is 15.4. The summed E-state index contributed by atoms with van der Waals surface area (Å²) in [5, 5.41) is 10.8. The first-order valence-electron chi connectivity index (χ1n) is 6.98. The predicted molar refractivity (Wildman–Crippen MR) is 82.5 cm³/mol. The minimum absolute atomic E-state index is 0.168. The Morgan fingerprint density at radius 3 is 2.81 bits per heavy atom. The molecule has 3 N–H and O–H groups in total. The number of nitrogens with two attached hydrogens (primary N) is 1. The highest BCUT2D eigenvalue weighted by Gasteiger charge is 2.15. The number of carbonyl (C=O) groups is 1. The number of nitrogens with one attached hydrogen (secondary N) is 1. The van der Waals surface area contributed by atoms with Crippen LogP contribution >= 0.6 is 0 Å². The van der Waals surface area contributed by atoms with Gasteiger partial charge in [-0.25, -0.2) is 0 Å². The average Bonchev–Trinajstić information content (AvgIpc) is 2.84. The van der Waals surface area contributed by atoms with E-state index in [-0.39, 0.29) is 5.91 Å². The number of nitrogens with zero attached hydrogens (tertiary/aromatic N) is 3. The van der Waals surface area contributed by atoms with Crippen LogP contribution in [0.5, 0.6) is 0 Å². The Hall–Kier alpha value is -2.21. The minimum Gasteiger partial charge on any atom is -0.325 e. The van der Waals surface area contributed by atoms with Gasteiger partial charge in [-0.1, -0.05) is 26.0 Å². The van der Waals surface area contributed by atoms with E-state index in [1.165, 1.54) is 0 Å². The molecule has 0 aliphatic rings. The fourth-order valence-electron chi connectivity index (χ4n) is 2.13. The Labute approximate surface area is 124 Å².